The number of aromatic nitrogens is 2. The fraction of sp³-hybridized carbons (Fsp3) is 0.389. The van der Waals surface area contributed by atoms with E-state index in [0.29, 0.717) is 18.2 Å². The van der Waals surface area contributed by atoms with Crippen molar-refractivity contribution in [3.05, 3.63) is 42.2 Å². The lowest BCUT2D eigenvalue weighted by molar-refractivity contribution is -0.116. The zero-order valence-corrected chi connectivity index (χ0v) is 14.8. The standard InChI is InChI=1S/C18H23N5O2/c1-13(24)22(3)17-6-4-5-16(9-17)20-18(25)23-8-7-14(12-23)15-10-19-21(2)11-15/h4-6,9-11,14H,7-8,12H2,1-3H3,(H,20,25). The molecular formula is C18H23N5O2. The smallest absolute Gasteiger partial charge is 0.321 e. The molecule has 1 aromatic heterocycles. The lowest BCUT2D eigenvalue weighted by atomic mass is 10.0. The number of anilines is 2. The van der Waals surface area contributed by atoms with Crippen LogP contribution in [0.4, 0.5) is 16.2 Å². The van der Waals surface area contributed by atoms with Crippen molar-refractivity contribution in [2.24, 2.45) is 7.05 Å². The first-order chi connectivity index (χ1) is 11.9. The highest BCUT2D eigenvalue weighted by atomic mass is 16.2. The lowest BCUT2D eigenvalue weighted by Gasteiger charge is -2.19. The van der Waals surface area contributed by atoms with Crippen LogP contribution in [-0.4, -0.2) is 46.8 Å². The van der Waals surface area contributed by atoms with Gasteiger partial charge in [0, 0.05) is 57.6 Å². The van der Waals surface area contributed by atoms with Gasteiger partial charge in [-0.25, -0.2) is 4.79 Å². The van der Waals surface area contributed by atoms with Gasteiger partial charge in [0.2, 0.25) is 5.91 Å². The molecule has 1 unspecified atom stereocenters. The van der Waals surface area contributed by atoms with E-state index in [0.717, 1.165) is 18.7 Å². The van der Waals surface area contributed by atoms with E-state index >= 15 is 0 Å². The molecule has 3 rings (SSSR count). The third kappa shape index (κ3) is 3.81. The Balaban J connectivity index is 1.63. The first-order valence-electron chi connectivity index (χ1n) is 8.33. The van der Waals surface area contributed by atoms with E-state index in [-0.39, 0.29) is 11.9 Å². The molecule has 1 N–H and O–H groups in total. The molecule has 0 bridgehead atoms. The fourth-order valence-corrected chi connectivity index (χ4v) is 3.04. The molecule has 0 spiro atoms. The minimum Gasteiger partial charge on any atom is -0.324 e. The van der Waals surface area contributed by atoms with Gasteiger partial charge in [0.05, 0.1) is 6.20 Å². The van der Waals surface area contributed by atoms with Crippen LogP contribution in [0.2, 0.25) is 0 Å². The highest BCUT2D eigenvalue weighted by Gasteiger charge is 2.28. The van der Waals surface area contributed by atoms with Crippen LogP contribution in [0.1, 0.15) is 24.8 Å². The van der Waals surface area contributed by atoms with Gasteiger partial charge in [0.25, 0.3) is 0 Å². The minimum atomic E-state index is -0.117. The van der Waals surface area contributed by atoms with Gasteiger partial charge >= 0.3 is 6.03 Å². The van der Waals surface area contributed by atoms with Crippen molar-refractivity contribution in [1.82, 2.24) is 14.7 Å². The van der Waals surface area contributed by atoms with Gasteiger partial charge in [-0.15, -0.1) is 0 Å². The van der Waals surface area contributed by atoms with Crippen LogP contribution in [0.15, 0.2) is 36.7 Å². The molecule has 0 radical (unpaired) electrons. The van der Waals surface area contributed by atoms with E-state index in [1.54, 1.807) is 22.7 Å². The summed E-state index contributed by atoms with van der Waals surface area (Å²) in [7, 11) is 3.61. The number of urea groups is 1. The average molecular weight is 341 g/mol. The van der Waals surface area contributed by atoms with E-state index in [4.69, 9.17) is 0 Å². The van der Waals surface area contributed by atoms with E-state index in [2.05, 4.69) is 10.4 Å². The molecule has 1 atom stereocenters. The number of nitrogens with one attached hydrogen (secondary N) is 1. The van der Waals surface area contributed by atoms with Crippen molar-refractivity contribution in [3.63, 3.8) is 0 Å². The molecule has 132 valence electrons. The quantitative estimate of drug-likeness (QED) is 0.932. The number of hydrogen-bond donors (Lipinski definition) is 1. The fourth-order valence-electron chi connectivity index (χ4n) is 3.04. The van der Waals surface area contributed by atoms with Crippen LogP contribution in [0.5, 0.6) is 0 Å². The van der Waals surface area contributed by atoms with Crippen molar-refractivity contribution in [3.8, 4) is 0 Å². The van der Waals surface area contributed by atoms with Crippen molar-refractivity contribution in [1.29, 1.82) is 0 Å². The van der Waals surface area contributed by atoms with Gasteiger partial charge in [-0.05, 0) is 30.2 Å². The SMILES string of the molecule is CC(=O)N(C)c1cccc(NC(=O)N2CCC(c3cnn(C)c3)C2)c1. The zero-order chi connectivity index (χ0) is 18.0. The molecule has 0 aliphatic carbocycles. The number of carbonyl (C=O) groups excluding carboxylic acids is 2. The highest BCUT2D eigenvalue weighted by Crippen LogP contribution is 2.27. The summed E-state index contributed by atoms with van der Waals surface area (Å²) in [6, 6.07) is 7.17. The summed E-state index contributed by atoms with van der Waals surface area (Å²) in [5.74, 6) is 0.275. The van der Waals surface area contributed by atoms with E-state index in [9.17, 15) is 9.59 Å². The predicted molar refractivity (Wildman–Crippen MR) is 96.7 cm³/mol. The Labute approximate surface area is 147 Å². The Hall–Kier alpha value is -2.83. The Bertz CT molecular complexity index is 785. The Morgan fingerprint density at radius 1 is 1.36 bits per heavy atom. The number of amides is 3. The van der Waals surface area contributed by atoms with Gasteiger partial charge in [0.1, 0.15) is 0 Å². The molecule has 1 aromatic carbocycles. The molecule has 7 heteroatoms. The summed E-state index contributed by atoms with van der Waals surface area (Å²) in [5, 5.41) is 7.13. The summed E-state index contributed by atoms with van der Waals surface area (Å²) in [6.45, 7) is 2.91. The van der Waals surface area contributed by atoms with Crippen molar-refractivity contribution in [2.75, 3.05) is 30.4 Å². The molecular weight excluding hydrogens is 318 g/mol. The first kappa shape index (κ1) is 17.0. The van der Waals surface area contributed by atoms with Crippen LogP contribution in [0, 0.1) is 0 Å². The molecule has 1 aliphatic rings. The van der Waals surface area contributed by atoms with E-state index in [1.165, 1.54) is 12.5 Å². The summed E-state index contributed by atoms with van der Waals surface area (Å²) < 4.78 is 1.79. The molecule has 1 saturated heterocycles. The first-order valence-corrected chi connectivity index (χ1v) is 8.33. The number of aryl methyl sites for hydroxylation is 1. The zero-order valence-electron chi connectivity index (χ0n) is 14.8. The summed E-state index contributed by atoms with van der Waals surface area (Å²) in [5.41, 5.74) is 2.60. The van der Waals surface area contributed by atoms with Crippen LogP contribution >= 0.6 is 0 Å². The number of rotatable bonds is 3. The number of benzene rings is 1. The monoisotopic (exact) mass is 341 g/mol. The number of hydrogen-bond acceptors (Lipinski definition) is 3. The van der Waals surface area contributed by atoms with Gasteiger partial charge < -0.3 is 15.1 Å². The van der Waals surface area contributed by atoms with Crippen LogP contribution in [0.25, 0.3) is 0 Å². The number of likely N-dealkylation sites (tertiary alicyclic amines) is 1. The van der Waals surface area contributed by atoms with Crippen molar-refractivity contribution in [2.45, 2.75) is 19.3 Å². The van der Waals surface area contributed by atoms with E-state index < -0.39 is 0 Å². The summed E-state index contributed by atoms with van der Waals surface area (Å²) >= 11 is 0. The van der Waals surface area contributed by atoms with Gasteiger partial charge in [-0.3, -0.25) is 9.48 Å². The van der Waals surface area contributed by atoms with Gasteiger partial charge in [0.15, 0.2) is 0 Å². The maximum absolute atomic E-state index is 12.5. The molecule has 25 heavy (non-hydrogen) atoms. The summed E-state index contributed by atoms with van der Waals surface area (Å²) in [6.07, 6.45) is 4.81. The Morgan fingerprint density at radius 2 is 2.16 bits per heavy atom. The molecule has 0 saturated carbocycles. The largest absolute Gasteiger partial charge is 0.324 e. The Kier molecular flexibility index (Phi) is 4.74. The minimum absolute atomic E-state index is 0.0534. The van der Waals surface area contributed by atoms with E-state index in [1.807, 2.05) is 42.5 Å². The second-order valence-electron chi connectivity index (χ2n) is 6.44. The van der Waals surface area contributed by atoms with Gasteiger partial charge in [-0.1, -0.05) is 6.07 Å². The van der Waals surface area contributed by atoms with Crippen molar-refractivity contribution < 1.29 is 9.59 Å². The number of carbonyl (C=O) groups is 2. The summed E-state index contributed by atoms with van der Waals surface area (Å²) in [4.78, 5) is 27.4. The normalized spacial score (nSPS) is 16.8. The molecule has 2 aromatic rings. The maximum atomic E-state index is 12.5. The molecule has 2 heterocycles. The predicted octanol–water partition coefficient (Wildman–Crippen LogP) is 2.42. The van der Waals surface area contributed by atoms with Crippen molar-refractivity contribution >= 4 is 23.3 Å². The molecule has 3 amide bonds. The third-order valence-electron chi connectivity index (χ3n) is 4.63. The second-order valence-corrected chi connectivity index (χ2v) is 6.44. The average Bonchev–Trinajstić information content (AvgIpc) is 3.23. The van der Waals surface area contributed by atoms with Crippen LogP contribution in [0.3, 0.4) is 0 Å². The second kappa shape index (κ2) is 6.96. The lowest BCUT2D eigenvalue weighted by Crippen LogP contribution is -2.32. The highest BCUT2D eigenvalue weighted by molar-refractivity contribution is 5.93. The van der Waals surface area contributed by atoms with Gasteiger partial charge in [-0.2, -0.15) is 5.10 Å². The van der Waals surface area contributed by atoms with Crippen LogP contribution < -0.4 is 10.2 Å². The molecule has 1 aliphatic heterocycles. The maximum Gasteiger partial charge on any atom is 0.321 e. The van der Waals surface area contributed by atoms with Crippen LogP contribution in [-0.2, 0) is 11.8 Å². The molecule has 1 fully saturated rings. The third-order valence-corrected chi connectivity index (χ3v) is 4.63. The Morgan fingerprint density at radius 3 is 2.84 bits per heavy atom. The molecule has 7 nitrogen and oxygen atoms in total. The topological polar surface area (TPSA) is 70.5 Å². The number of nitrogens with zero attached hydrogens (tertiary/aromatic N) is 4.